The monoisotopic (exact) mass is 233 g/mol. The van der Waals surface area contributed by atoms with Gasteiger partial charge in [-0.05, 0) is 32.9 Å². The van der Waals surface area contributed by atoms with E-state index in [1.54, 1.807) is 0 Å². The van der Waals surface area contributed by atoms with Crippen LogP contribution in [-0.2, 0) is 13.0 Å². The van der Waals surface area contributed by atoms with Crippen molar-refractivity contribution in [2.45, 2.75) is 53.1 Å². The fourth-order valence-electron chi connectivity index (χ4n) is 1.93. The number of hydrogen-bond acceptors (Lipinski definition) is 2. The number of aryl methyl sites for hydroxylation is 2. The van der Waals surface area contributed by atoms with Gasteiger partial charge in [0.2, 0.25) is 0 Å². The molecule has 0 fully saturated rings. The van der Waals surface area contributed by atoms with Gasteiger partial charge in [0.15, 0.2) is 0 Å². The summed E-state index contributed by atoms with van der Waals surface area (Å²) < 4.78 is 2.09. The molecule has 3 nitrogen and oxygen atoms in total. The highest BCUT2D eigenvalue weighted by atomic mass is 15.3. The fraction of sp³-hybridized carbons (Fsp3) is 0.643. The first-order valence-electron chi connectivity index (χ1n) is 6.46. The van der Waals surface area contributed by atoms with Crippen molar-refractivity contribution in [2.75, 3.05) is 6.54 Å². The quantitative estimate of drug-likeness (QED) is 0.765. The van der Waals surface area contributed by atoms with E-state index in [4.69, 9.17) is 0 Å². The Hall–Kier alpha value is -1.27. The second-order valence-electron chi connectivity index (χ2n) is 3.97. The zero-order valence-electron chi connectivity index (χ0n) is 11.4. The average molecular weight is 233 g/mol. The van der Waals surface area contributed by atoms with Crippen molar-refractivity contribution in [1.82, 2.24) is 15.1 Å². The second-order valence-corrected chi connectivity index (χ2v) is 3.97. The van der Waals surface area contributed by atoms with Crippen molar-refractivity contribution in [2.24, 2.45) is 0 Å². The lowest BCUT2D eigenvalue weighted by Crippen LogP contribution is -2.23. The largest absolute Gasteiger partial charge is 0.308 e. The van der Waals surface area contributed by atoms with E-state index in [9.17, 15) is 0 Å². The van der Waals surface area contributed by atoms with Crippen molar-refractivity contribution in [3.05, 3.63) is 17.5 Å². The first-order valence-corrected chi connectivity index (χ1v) is 6.46. The molecule has 94 valence electrons. The van der Waals surface area contributed by atoms with E-state index in [-0.39, 0.29) is 0 Å². The molecule has 1 rings (SSSR count). The van der Waals surface area contributed by atoms with Gasteiger partial charge in [0.1, 0.15) is 0 Å². The van der Waals surface area contributed by atoms with E-state index in [0.29, 0.717) is 6.04 Å². The van der Waals surface area contributed by atoms with Gasteiger partial charge in [-0.2, -0.15) is 5.10 Å². The van der Waals surface area contributed by atoms with E-state index in [1.807, 2.05) is 6.92 Å². The van der Waals surface area contributed by atoms with E-state index < -0.39 is 0 Å². The third-order valence-corrected chi connectivity index (χ3v) is 2.81. The summed E-state index contributed by atoms with van der Waals surface area (Å²) in [5.74, 6) is 6.12. The Kier molecular flexibility index (Phi) is 5.79. The highest BCUT2D eigenvalue weighted by Gasteiger charge is 2.15. The third-order valence-electron chi connectivity index (χ3n) is 2.81. The van der Waals surface area contributed by atoms with Crippen LogP contribution >= 0.6 is 0 Å². The van der Waals surface area contributed by atoms with Gasteiger partial charge in [-0.15, -0.1) is 11.8 Å². The summed E-state index contributed by atoms with van der Waals surface area (Å²) in [6.45, 7) is 10.1. The van der Waals surface area contributed by atoms with E-state index >= 15 is 0 Å². The lowest BCUT2D eigenvalue weighted by atomic mass is 10.1. The van der Waals surface area contributed by atoms with Crippen molar-refractivity contribution >= 4 is 0 Å². The van der Waals surface area contributed by atoms with E-state index in [0.717, 1.165) is 31.6 Å². The third kappa shape index (κ3) is 3.61. The van der Waals surface area contributed by atoms with Crippen LogP contribution in [0.3, 0.4) is 0 Å². The molecule has 0 bridgehead atoms. The molecule has 0 amide bonds. The van der Waals surface area contributed by atoms with Gasteiger partial charge >= 0.3 is 0 Å². The van der Waals surface area contributed by atoms with Crippen LogP contribution in [0.1, 0.15) is 51.5 Å². The molecule has 1 heterocycles. The molecule has 0 aromatic carbocycles. The van der Waals surface area contributed by atoms with Crippen LogP contribution in [0.25, 0.3) is 0 Å². The summed E-state index contributed by atoms with van der Waals surface area (Å²) in [6.07, 6.45) is 1.83. The Balaban J connectivity index is 2.96. The summed E-state index contributed by atoms with van der Waals surface area (Å²) in [4.78, 5) is 0. The Morgan fingerprint density at radius 1 is 1.41 bits per heavy atom. The zero-order valence-corrected chi connectivity index (χ0v) is 11.4. The molecule has 0 aliphatic rings. The predicted octanol–water partition coefficient (Wildman–Crippen LogP) is 2.53. The van der Waals surface area contributed by atoms with Gasteiger partial charge in [0, 0.05) is 13.0 Å². The van der Waals surface area contributed by atoms with Gasteiger partial charge in [0.05, 0.1) is 17.4 Å². The van der Waals surface area contributed by atoms with Crippen LogP contribution in [0.15, 0.2) is 6.07 Å². The van der Waals surface area contributed by atoms with Gasteiger partial charge in [0.25, 0.3) is 0 Å². The standard InChI is InChI=1S/C14H23N3/c1-5-9-10-13(15-7-3)14-11-12(6-2)16-17(14)8-4/h11,13,15H,6-8,10H2,1-4H3. The summed E-state index contributed by atoms with van der Waals surface area (Å²) >= 11 is 0. The molecule has 0 spiro atoms. The van der Waals surface area contributed by atoms with Crippen LogP contribution in [-0.4, -0.2) is 16.3 Å². The van der Waals surface area contributed by atoms with Crippen molar-refractivity contribution < 1.29 is 0 Å². The maximum Gasteiger partial charge on any atom is 0.0625 e. The molecule has 0 saturated heterocycles. The molecular weight excluding hydrogens is 210 g/mol. The predicted molar refractivity (Wildman–Crippen MR) is 71.8 cm³/mol. The smallest absolute Gasteiger partial charge is 0.0625 e. The van der Waals surface area contributed by atoms with Crippen LogP contribution in [0, 0.1) is 11.8 Å². The lowest BCUT2D eigenvalue weighted by molar-refractivity contribution is 0.499. The normalized spacial score (nSPS) is 12.0. The Morgan fingerprint density at radius 3 is 2.71 bits per heavy atom. The summed E-state index contributed by atoms with van der Waals surface area (Å²) in [6, 6.07) is 2.49. The van der Waals surface area contributed by atoms with Crippen molar-refractivity contribution in [1.29, 1.82) is 0 Å². The molecule has 0 radical (unpaired) electrons. The van der Waals surface area contributed by atoms with Crippen LogP contribution in [0.4, 0.5) is 0 Å². The highest BCUT2D eigenvalue weighted by molar-refractivity contribution is 5.17. The summed E-state index contributed by atoms with van der Waals surface area (Å²) in [5.41, 5.74) is 2.42. The van der Waals surface area contributed by atoms with Gasteiger partial charge in [-0.25, -0.2) is 0 Å². The number of aromatic nitrogens is 2. The van der Waals surface area contributed by atoms with E-state index in [2.05, 4.69) is 53.8 Å². The molecule has 1 aromatic heterocycles. The van der Waals surface area contributed by atoms with Gasteiger partial charge in [-0.1, -0.05) is 13.8 Å². The summed E-state index contributed by atoms with van der Waals surface area (Å²) in [7, 11) is 0. The molecule has 0 aliphatic heterocycles. The molecular formula is C14H23N3. The SMILES string of the molecule is CC#CCC(NCC)c1cc(CC)nn1CC. The maximum absolute atomic E-state index is 4.59. The van der Waals surface area contributed by atoms with Gasteiger partial charge < -0.3 is 5.32 Å². The number of nitrogens with one attached hydrogen (secondary N) is 1. The molecule has 1 aromatic rings. The van der Waals surface area contributed by atoms with Crippen LogP contribution < -0.4 is 5.32 Å². The number of nitrogens with zero attached hydrogens (tertiary/aromatic N) is 2. The first-order chi connectivity index (χ1) is 8.26. The van der Waals surface area contributed by atoms with Crippen molar-refractivity contribution in [3.63, 3.8) is 0 Å². The zero-order chi connectivity index (χ0) is 12.7. The van der Waals surface area contributed by atoms with Crippen LogP contribution in [0.5, 0.6) is 0 Å². The van der Waals surface area contributed by atoms with Crippen molar-refractivity contribution in [3.8, 4) is 11.8 Å². The lowest BCUT2D eigenvalue weighted by Gasteiger charge is -2.16. The second kappa shape index (κ2) is 7.13. The minimum Gasteiger partial charge on any atom is -0.308 e. The van der Waals surface area contributed by atoms with Crippen LogP contribution in [0.2, 0.25) is 0 Å². The Labute approximate surface area is 105 Å². The average Bonchev–Trinajstić information content (AvgIpc) is 2.77. The molecule has 0 aliphatic carbocycles. The van der Waals surface area contributed by atoms with E-state index in [1.165, 1.54) is 5.69 Å². The highest BCUT2D eigenvalue weighted by Crippen LogP contribution is 2.18. The molecule has 17 heavy (non-hydrogen) atoms. The summed E-state index contributed by atoms with van der Waals surface area (Å²) in [5, 5.41) is 8.07. The first kappa shape index (κ1) is 13.8. The maximum atomic E-state index is 4.59. The molecule has 0 saturated carbocycles. The Morgan fingerprint density at radius 2 is 2.18 bits per heavy atom. The molecule has 3 heteroatoms. The molecule has 1 unspecified atom stereocenters. The molecule has 1 N–H and O–H groups in total. The number of hydrogen-bond donors (Lipinski definition) is 1. The fourth-order valence-corrected chi connectivity index (χ4v) is 1.93. The Bertz CT molecular complexity index is 395. The minimum absolute atomic E-state index is 0.292. The minimum atomic E-state index is 0.292. The number of rotatable bonds is 6. The molecule has 1 atom stereocenters. The topological polar surface area (TPSA) is 29.9 Å². The van der Waals surface area contributed by atoms with Gasteiger partial charge in [-0.3, -0.25) is 4.68 Å².